The number of hydrogen-bond acceptors (Lipinski definition) is 7. The van der Waals surface area contributed by atoms with Crippen molar-refractivity contribution in [1.29, 1.82) is 0 Å². The molecule has 2 amide bonds. The summed E-state index contributed by atoms with van der Waals surface area (Å²) in [6, 6.07) is 8.21. The van der Waals surface area contributed by atoms with Crippen molar-refractivity contribution in [3.8, 4) is 11.5 Å². The van der Waals surface area contributed by atoms with E-state index in [1.165, 1.54) is 24.3 Å². The number of aliphatic hydroxyl groups excluding tert-OH is 1. The number of nitrogens with one attached hydrogen (secondary N) is 1. The van der Waals surface area contributed by atoms with Gasteiger partial charge in [0.05, 0.1) is 23.9 Å². The number of imide groups is 1. The number of amides is 2. The van der Waals surface area contributed by atoms with E-state index >= 15 is 0 Å². The van der Waals surface area contributed by atoms with E-state index in [4.69, 9.17) is 33.0 Å². The third-order valence-electron chi connectivity index (χ3n) is 3.96. The highest BCUT2D eigenvalue weighted by Crippen LogP contribution is 2.38. The summed E-state index contributed by atoms with van der Waals surface area (Å²) < 4.78 is 38.3. The van der Waals surface area contributed by atoms with E-state index in [1.54, 1.807) is 0 Å². The van der Waals surface area contributed by atoms with Gasteiger partial charge in [0.1, 0.15) is 16.3 Å². The van der Waals surface area contributed by atoms with Crippen LogP contribution in [0, 0.1) is 0 Å². The van der Waals surface area contributed by atoms with Gasteiger partial charge in [0.25, 0.3) is 21.9 Å². The van der Waals surface area contributed by atoms with Crippen LogP contribution in [0.25, 0.3) is 0 Å². The number of benzene rings is 2. The number of ether oxygens (including phenoxy) is 1. The summed E-state index contributed by atoms with van der Waals surface area (Å²) in [7, 11) is -4.67. The van der Waals surface area contributed by atoms with Crippen LogP contribution in [0.4, 0.5) is 5.69 Å². The van der Waals surface area contributed by atoms with Crippen LogP contribution in [-0.2, 0) is 19.7 Å². The van der Waals surface area contributed by atoms with E-state index < -0.39 is 33.4 Å². The Balaban J connectivity index is 2.01. The normalized spacial score (nSPS) is 14.1. The summed E-state index contributed by atoms with van der Waals surface area (Å²) in [5.41, 5.74) is -0.0781. The van der Waals surface area contributed by atoms with Crippen LogP contribution in [0.1, 0.15) is 0 Å². The Hall–Kier alpha value is -2.63. The summed E-state index contributed by atoms with van der Waals surface area (Å²) in [5, 5.41) is 11.8. The first kappa shape index (κ1) is 22.1. The molecule has 0 radical (unpaired) electrons. The zero-order chi connectivity index (χ0) is 22.1. The van der Waals surface area contributed by atoms with E-state index in [0.29, 0.717) is 5.02 Å². The number of carbonyl (C=O) groups excluding carboxylic acids is 2. The number of nitrogens with zero attached hydrogens (tertiary/aromatic N) is 1. The molecule has 3 N–H and O–H groups in total. The molecular formula is C18H14Cl2N2O7S. The maximum absolute atomic E-state index is 12.4. The highest BCUT2D eigenvalue weighted by atomic mass is 35.5. The zero-order valence-electron chi connectivity index (χ0n) is 15.0. The average molecular weight is 473 g/mol. The molecule has 0 bridgehead atoms. The number of carbonyl (C=O) groups is 2. The topological polar surface area (TPSA) is 133 Å². The van der Waals surface area contributed by atoms with Crippen LogP contribution < -0.4 is 10.1 Å². The molecule has 0 unspecified atom stereocenters. The molecule has 158 valence electrons. The third kappa shape index (κ3) is 4.74. The minimum atomic E-state index is -4.67. The summed E-state index contributed by atoms with van der Waals surface area (Å²) in [5.74, 6) is -1.15. The number of anilines is 1. The number of halogens is 2. The Morgan fingerprint density at radius 1 is 1.10 bits per heavy atom. The lowest BCUT2D eigenvalue weighted by molar-refractivity contribution is -0.137. The van der Waals surface area contributed by atoms with Gasteiger partial charge in [0.2, 0.25) is 0 Å². The molecule has 0 spiro atoms. The highest BCUT2D eigenvalue weighted by Gasteiger charge is 2.31. The molecule has 9 nitrogen and oxygen atoms in total. The minimum absolute atomic E-state index is 0.0561. The van der Waals surface area contributed by atoms with Crippen molar-refractivity contribution in [2.45, 2.75) is 4.90 Å². The largest absolute Gasteiger partial charge is 0.455 e. The zero-order valence-corrected chi connectivity index (χ0v) is 17.3. The van der Waals surface area contributed by atoms with E-state index in [2.05, 4.69) is 5.32 Å². The molecule has 3 rings (SSSR count). The number of hydrogen-bond donors (Lipinski definition) is 3. The van der Waals surface area contributed by atoms with Gasteiger partial charge >= 0.3 is 0 Å². The maximum atomic E-state index is 12.4. The van der Waals surface area contributed by atoms with E-state index in [0.717, 1.165) is 23.1 Å². The smallest absolute Gasteiger partial charge is 0.296 e. The number of aliphatic hydroxyl groups is 1. The molecule has 0 atom stereocenters. The Labute approximate surface area is 181 Å². The molecule has 12 heteroatoms. The van der Waals surface area contributed by atoms with Crippen molar-refractivity contribution in [3.63, 3.8) is 0 Å². The van der Waals surface area contributed by atoms with Crippen molar-refractivity contribution in [2.75, 3.05) is 18.5 Å². The van der Waals surface area contributed by atoms with Crippen molar-refractivity contribution < 1.29 is 32.4 Å². The Kier molecular flexibility index (Phi) is 6.34. The lowest BCUT2D eigenvalue weighted by Crippen LogP contribution is -2.34. The molecule has 0 saturated carbocycles. The van der Waals surface area contributed by atoms with Gasteiger partial charge in [-0.1, -0.05) is 23.2 Å². The predicted molar refractivity (Wildman–Crippen MR) is 108 cm³/mol. The second-order valence-corrected chi connectivity index (χ2v) is 8.25. The molecule has 0 aliphatic carbocycles. The number of rotatable bonds is 7. The summed E-state index contributed by atoms with van der Waals surface area (Å²) in [4.78, 5) is 24.5. The second kappa shape index (κ2) is 8.62. The fourth-order valence-electron chi connectivity index (χ4n) is 2.60. The molecule has 2 aromatic rings. The maximum Gasteiger partial charge on any atom is 0.296 e. The van der Waals surface area contributed by atoms with Gasteiger partial charge in [-0.2, -0.15) is 8.42 Å². The predicted octanol–water partition coefficient (Wildman–Crippen LogP) is 2.69. The van der Waals surface area contributed by atoms with Crippen LogP contribution in [0.3, 0.4) is 0 Å². The van der Waals surface area contributed by atoms with Gasteiger partial charge in [-0.3, -0.25) is 19.0 Å². The van der Waals surface area contributed by atoms with Crippen molar-refractivity contribution in [2.24, 2.45) is 0 Å². The first-order valence-electron chi connectivity index (χ1n) is 8.30. The summed E-state index contributed by atoms with van der Waals surface area (Å²) in [6.45, 7) is -0.589. The average Bonchev–Trinajstić information content (AvgIpc) is 2.92. The molecule has 0 aromatic heterocycles. The standard InChI is InChI=1S/C18H14Cl2N2O7S/c19-10-1-3-11(4-2-10)29-15-9-16(30(26,27)28)12(20)7-13(15)21-14-8-17(24)22(5-6-23)18(14)25/h1-4,7-9,21,23H,5-6H2,(H,26,27,28). The fourth-order valence-corrected chi connectivity index (χ4v) is 3.74. The fraction of sp³-hybridized carbons (Fsp3) is 0.111. The SMILES string of the molecule is O=C1C=C(Nc2cc(Cl)c(S(=O)(=O)O)cc2Oc2ccc(Cl)cc2)C(=O)N1CCO. The molecule has 1 heterocycles. The molecule has 1 aliphatic heterocycles. The third-order valence-corrected chi connectivity index (χ3v) is 5.53. The van der Waals surface area contributed by atoms with Crippen LogP contribution in [0.5, 0.6) is 11.5 Å². The molecule has 2 aromatic carbocycles. The minimum Gasteiger partial charge on any atom is -0.455 e. The van der Waals surface area contributed by atoms with Gasteiger partial charge in [-0.05, 0) is 30.3 Å². The van der Waals surface area contributed by atoms with Gasteiger partial charge in [0, 0.05) is 17.2 Å². The molecule has 0 saturated heterocycles. The van der Waals surface area contributed by atoms with Crippen LogP contribution in [-0.4, -0.2) is 47.9 Å². The highest BCUT2D eigenvalue weighted by molar-refractivity contribution is 7.86. The van der Waals surface area contributed by atoms with Crippen molar-refractivity contribution in [1.82, 2.24) is 4.90 Å². The molecule has 0 fully saturated rings. The van der Waals surface area contributed by atoms with Gasteiger partial charge < -0.3 is 15.2 Å². The van der Waals surface area contributed by atoms with Crippen LogP contribution >= 0.6 is 23.2 Å². The Bertz CT molecular complexity index is 1150. The lowest BCUT2D eigenvalue weighted by Gasteiger charge is -2.17. The van der Waals surface area contributed by atoms with E-state index in [1.807, 2.05) is 0 Å². The van der Waals surface area contributed by atoms with Crippen molar-refractivity contribution in [3.05, 3.63) is 58.2 Å². The quantitative estimate of drug-likeness (QED) is 0.413. The van der Waals surface area contributed by atoms with Gasteiger partial charge in [-0.15, -0.1) is 0 Å². The van der Waals surface area contributed by atoms with Gasteiger partial charge in [0.15, 0.2) is 5.75 Å². The Morgan fingerprint density at radius 3 is 2.37 bits per heavy atom. The van der Waals surface area contributed by atoms with Gasteiger partial charge in [-0.25, -0.2) is 0 Å². The van der Waals surface area contributed by atoms with Crippen molar-refractivity contribution >= 4 is 50.8 Å². The molecule has 30 heavy (non-hydrogen) atoms. The summed E-state index contributed by atoms with van der Waals surface area (Å²) in [6.07, 6.45) is 1.02. The second-order valence-electron chi connectivity index (χ2n) is 6.01. The van der Waals surface area contributed by atoms with Crippen LogP contribution in [0.2, 0.25) is 10.0 Å². The number of β-amino-alcohol motifs (C(OH)–C–C–N with tert-alkyl or cyclic N) is 1. The molecule has 1 aliphatic rings. The van der Waals surface area contributed by atoms with Crippen LogP contribution in [0.15, 0.2) is 53.1 Å². The summed E-state index contributed by atoms with van der Waals surface area (Å²) >= 11 is 11.8. The van der Waals surface area contributed by atoms with E-state index in [9.17, 15) is 22.6 Å². The monoisotopic (exact) mass is 472 g/mol. The first-order chi connectivity index (χ1) is 14.1. The molecular weight excluding hydrogens is 459 g/mol. The Morgan fingerprint density at radius 2 is 1.77 bits per heavy atom. The van der Waals surface area contributed by atoms with E-state index in [-0.39, 0.29) is 34.5 Å². The first-order valence-corrected chi connectivity index (χ1v) is 10.5. The lowest BCUT2D eigenvalue weighted by atomic mass is 10.2.